The van der Waals surface area contributed by atoms with Crippen molar-refractivity contribution in [1.82, 2.24) is 24.8 Å². The fourth-order valence-electron chi connectivity index (χ4n) is 7.25. The van der Waals surface area contributed by atoms with Gasteiger partial charge in [0.2, 0.25) is 11.8 Å². The second kappa shape index (κ2) is 12.0. The Hall–Kier alpha value is -3.57. The number of hydrogen-bond acceptors (Lipinski definition) is 8. The lowest BCUT2D eigenvalue weighted by atomic mass is 9.62. The van der Waals surface area contributed by atoms with Crippen LogP contribution in [0.1, 0.15) is 46.0 Å². The van der Waals surface area contributed by atoms with E-state index in [2.05, 4.69) is 23.5 Å². The quantitative estimate of drug-likeness (QED) is 0.206. The predicted octanol–water partition coefficient (Wildman–Crippen LogP) is 2.70. The van der Waals surface area contributed by atoms with Gasteiger partial charge in [-0.3, -0.25) is 14.4 Å². The summed E-state index contributed by atoms with van der Waals surface area (Å²) in [4.78, 5) is 45.7. The number of ether oxygens (including phenoxy) is 2. The van der Waals surface area contributed by atoms with Gasteiger partial charge in [-0.15, -0.1) is 18.3 Å². The molecule has 2 amide bonds. The predicted molar refractivity (Wildman–Crippen MR) is 155 cm³/mol. The summed E-state index contributed by atoms with van der Waals surface area (Å²) >= 11 is 0. The smallest absolute Gasteiger partial charge is 0.312 e. The Bertz CT molecular complexity index is 1360. The maximum Gasteiger partial charge on any atom is 0.312 e. The van der Waals surface area contributed by atoms with Gasteiger partial charge < -0.3 is 24.4 Å². The molecule has 0 saturated carbocycles. The van der Waals surface area contributed by atoms with Crippen molar-refractivity contribution in [3.05, 3.63) is 49.6 Å². The first kappa shape index (κ1) is 29.9. The molecule has 2 aromatic rings. The number of esters is 1. The van der Waals surface area contributed by atoms with E-state index < -0.39 is 35.0 Å². The van der Waals surface area contributed by atoms with Gasteiger partial charge in [0.1, 0.15) is 29.7 Å². The number of carbonyl (C=O) groups excluding carboxylic acids is 3. The molecule has 1 spiro atoms. The maximum absolute atomic E-state index is 14.6. The van der Waals surface area contributed by atoms with Crippen LogP contribution >= 0.6 is 0 Å². The fraction of sp³-hybridized carbons (Fsp3) is 0.581. The Labute approximate surface area is 246 Å². The molecule has 0 aliphatic carbocycles. The highest BCUT2D eigenvalue weighted by Gasteiger charge is 2.80. The van der Waals surface area contributed by atoms with Gasteiger partial charge in [-0.1, -0.05) is 36.4 Å². The molecule has 3 saturated heterocycles. The van der Waals surface area contributed by atoms with Gasteiger partial charge in [0.25, 0.3) is 0 Å². The molecule has 42 heavy (non-hydrogen) atoms. The van der Waals surface area contributed by atoms with E-state index in [1.54, 1.807) is 26.6 Å². The number of aliphatic hydroxyl groups excluding tert-OH is 1. The van der Waals surface area contributed by atoms with Gasteiger partial charge in [0, 0.05) is 19.7 Å². The number of benzene rings is 1. The van der Waals surface area contributed by atoms with Crippen LogP contribution in [0.3, 0.4) is 0 Å². The van der Waals surface area contributed by atoms with Crippen molar-refractivity contribution in [1.29, 1.82) is 0 Å². The van der Waals surface area contributed by atoms with E-state index in [1.165, 1.54) is 0 Å². The summed E-state index contributed by atoms with van der Waals surface area (Å²) in [5, 5.41) is 17.8. The molecule has 3 fully saturated rings. The van der Waals surface area contributed by atoms with Crippen molar-refractivity contribution in [3.63, 3.8) is 0 Å². The summed E-state index contributed by atoms with van der Waals surface area (Å²) in [5.74, 6) is -2.78. The Morgan fingerprint density at radius 2 is 2.02 bits per heavy atom. The highest BCUT2D eigenvalue weighted by Crippen LogP contribution is 2.65. The topological polar surface area (TPSA) is 127 Å². The van der Waals surface area contributed by atoms with Crippen LogP contribution in [-0.4, -0.2) is 91.2 Å². The van der Waals surface area contributed by atoms with E-state index in [1.807, 2.05) is 38.1 Å². The minimum Gasteiger partial charge on any atom is -0.465 e. The number of amides is 2. The highest BCUT2D eigenvalue weighted by molar-refractivity contribution is 5.98. The monoisotopic (exact) mass is 579 g/mol. The first-order valence-electron chi connectivity index (χ1n) is 14.8. The molecule has 2 bridgehead atoms. The maximum atomic E-state index is 14.6. The number of carbonyl (C=O) groups is 3. The lowest BCUT2D eigenvalue weighted by Gasteiger charge is -2.37. The molecule has 5 rings (SSSR count). The third kappa shape index (κ3) is 4.82. The van der Waals surface area contributed by atoms with E-state index in [0.29, 0.717) is 44.2 Å². The molecule has 1 N–H and O–H groups in total. The number of rotatable bonds is 14. The van der Waals surface area contributed by atoms with Crippen LogP contribution in [0.25, 0.3) is 11.0 Å². The van der Waals surface area contributed by atoms with E-state index in [9.17, 15) is 19.5 Å². The molecule has 4 heterocycles. The number of para-hydroxylation sites is 1. The minimum absolute atomic E-state index is 0.0550. The average Bonchev–Trinajstić information content (AvgIpc) is 3.64. The number of likely N-dealkylation sites (tertiary alicyclic amines) is 1. The summed E-state index contributed by atoms with van der Waals surface area (Å²) in [5.41, 5.74) is -0.634. The molecule has 1 aromatic heterocycles. The molecule has 1 aromatic carbocycles. The number of aromatic nitrogens is 3. The van der Waals surface area contributed by atoms with Crippen LogP contribution in [0.15, 0.2) is 49.6 Å². The summed E-state index contributed by atoms with van der Waals surface area (Å²) in [6.07, 6.45) is 6.19. The number of fused-ring (bicyclic) bond motifs is 2. The standard InChI is InChI=1S/C31H41N5O6/c1-5-7-18-41-29(40)25-24-27(38)35(16-11-8-12-17-37)26(31(24)19-21(3)30(25,4)42-31)28(39)34(15-6-2)20-36-23-14-10-9-13-22(23)32-33-36/h5-6,9-10,13-14,21,24-26,37H,1-2,7-8,11-12,15-20H2,3-4H3/t21?,24-,25-,26?,30+,31?/m0/s1. The molecular weight excluding hydrogens is 538 g/mol. The zero-order chi connectivity index (χ0) is 30.1. The van der Waals surface area contributed by atoms with E-state index in [0.717, 1.165) is 5.52 Å². The normalized spacial score (nSPS) is 29.6. The van der Waals surface area contributed by atoms with Crippen molar-refractivity contribution in [2.75, 3.05) is 26.3 Å². The van der Waals surface area contributed by atoms with Gasteiger partial charge in [-0.05, 0) is 57.1 Å². The summed E-state index contributed by atoms with van der Waals surface area (Å²) < 4.78 is 14.1. The molecule has 0 radical (unpaired) electrons. The SMILES string of the molecule is C=CCCOC(=O)[C@@H]1[C@H]2C(=O)N(CCCCCO)C(C(=O)N(CC=C)Cn3nnc4ccccc43)C23CC(C)[C@@]1(C)O3. The van der Waals surface area contributed by atoms with Crippen molar-refractivity contribution in [2.45, 2.75) is 69.9 Å². The number of hydrogen-bond donors (Lipinski definition) is 1. The van der Waals surface area contributed by atoms with Crippen molar-refractivity contribution in [2.24, 2.45) is 17.8 Å². The molecule has 11 heteroatoms. The molecule has 3 unspecified atom stereocenters. The third-order valence-electron chi connectivity index (χ3n) is 9.31. The molecular formula is C31H41N5O6. The van der Waals surface area contributed by atoms with Gasteiger partial charge in [-0.25, -0.2) is 4.68 Å². The van der Waals surface area contributed by atoms with Crippen LogP contribution in [0.2, 0.25) is 0 Å². The number of nitrogens with zero attached hydrogens (tertiary/aromatic N) is 5. The second-order valence-corrected chi connectivity index (χ2v) is 11.8. The average molecular weight is 580 g/mol. The Morgan fingerprint density at radius 3 is 2.76 bits per heavy atom. The van der Waals surface area contributed by atoms with Crippen molar-refractivity contribution < 1.29 is 29.0 Å². The summed E-state index contributed by atoms with van der Waals surface area (Å²) in [6, 6.07) is 6.57. The van der Waals surface area contributed by atoms with Crippen LogP contribution in [0.5, 0.6) is 0 Å². The van der Waals surface area contributed by atoms with E-state index in [-0.39, 0.29) is 44.2 Å². The van der Waals surface area contributed by atoms with Crippen molar-refractivity contribution in [3.8, 4) is 0 Å². The second-order valence-electron chi connectivity index (χ2n) is 11.8. The number of aliphatic hydroxyl groups is 1. The zero-order valence-corrected chi connectivity index (χ0v) is 24.5. The Morgan fingerprint density at radius 1 is 1.24 bits per heavy atom. The minimum atomic E-state index is -1.18. The first-order valence-corrected chi connectivity index (χ1v) is 14.8. The molecule has 11 nitrogen and oxygen atoms in total. The van der Waals surface area contributed by atoms with Crippen molar-refractivity contribution >= 4 is 28.8 Å². The highest BCUT2D eigenvalue weighted by atomic mass is 16.6. The summed E-state index contributed by atoms with van der Waals surface area (Å²) in [7, 11) is 0. The van der Waals surface area contributed by atoms with E-state index in [4.69, 9.17) is 9.47 Å². The largest absolute Gasteiger partial charge is 0.465 e. The van der Waals surface area contributed by atoms with Crippen LogP contribution < -0.4 is 0 Å². The lowest BCUT2D eigenvalue weighted by Crippen LogP contribution is -2.56. The first-order chi connectivity index (χ1) is 20.2. The Balaban J connectivity index is 1.52. The molecule has 3 aliphatic heterocycles. The molecule has 6 atom stereocenters. The summed E-state index contributed by atoms with van der Waals surface area (Å²) in [6.45, 7) is 12.3. The Kier molecular flexibility index (Phi) is 8.52. The van der Waals surface area contributed by atoms with E-state index >= 15 is 0 Å². The zero-order valence-electron chi connectivity index (χ0n) is 24.5. The van der Waals surface area contributed by atoms with Gasteiger partial charge in [0.05, 0.1) is 23.6 Å². The number of unbranched alkanes of at least 4 members (excludes halogenated alkanes) is 2. The lowest BCUT2D eigenvalue weighted by molar-refractivity contribution is -0.162. The van der Waals surface area contributed by atoms with Gasteiger partial charge >= 0.3 is 5.97 Å². The van der Waals surface area contributed by atoms with Crippen LogP contribution in [0, 0.1) is 17.8 Å². The van der Waals surface area contributed by atoms with Gasteiger partial charge in [0.15, 0.2) is 0 Å². The van der Waals surface area contributed by atoms with Crippen LogP contribution in [-0.2, 0) is 30.5 Å². The fourth-order valence-corrected chi connectivity index (χ4v) is 7.25. The van der Waals surface area contributed by atoms with Crippen LogP contribution in [0.4, 0.5) is 0 Å². The molecule has 3 aliphatic rings. The molecule has 226 valence electrons. The van der Waals surface area contributed by atoms with Gasteiger partial charge in [-0.2, -0.15) is 0 Å². The third-order valence-corrected chi connectivity index (χ3v) is 9.31.